The Bertz CT molecular complexity index is 635. The van der Waals surface area contributed by atoms with Crippen LogP contribution < -0.4 is 16.2 Å². The zero-order chi connectivity index (χ0) is 15.4. The van der Waals surface area contributed by atoms with E-state index in [2.05, 4.69) is 5.43 Å². The van der Waals surface area contributed by atoms with E-state index in [4.69, 9.17) is 5.84 Å². The standard InChI is InChI=1S/C17H21N3O/c1-4-20(15-8-5-12(2)6-9-15)17(21)16-10-7-14(19-18)11-13(16)3/h5-11,19H,4,18H2,1-3H3. The minimum absolute atomic E-state index is 0.00224. The van der Waals surface area contributed by atoms with Crippen LogP contribution in [0.1, 0.15) is 28.4 Å². The van der Waals surface area contributed by atoms with Gasteiger partial charge in [-0.25, -0.2) is 0 Å². The molecule has 0 radical (unpaired) electrons. The zero-order valence-electron chi connectivity index (χ0n) is 12.7. The van der Waals surface area contributed by atoms with Crippen molar-refractivity contribution in [2.45, 2.75) is 20.8 Å². The molecular formula is C17H21N3O. The lowest BCUT2D eigenvalue weighted by molar-refractivity contribution is 0.0988. The molecule has 0 spiro atoms. The van der Waals surface area contributed by atoms with Crippen LogP contribution in [0.2, 0.25) is 0 Å². The van der Waals surface area contributed by atoms with Crippen molar-refractivity contribution in [1.29, 1.82) is 0 Å². The second-order valence-electron chi connectivity index (χ2n) is 5.06. The van der Waals surface area contributed by atoms with Crippen LogP contribution in [-0.2, 0) is 0 Å². The minimum Gasteiger partial charge on any atom is -0.324 e. The van der Waals surface area contributed by atoms with Crippen molar-refractivity contribution in [3.63, 3.8) is 0 Å². The summed E-state index contributed by atoms with van der Waals surface area (Å²) in [4.78, 5) is 14.5. The molecule has 0 atom stereocenters. The number of hydrogen-bond acceptors (Lipinski definition) is 3. The normalized spacial score (nSPS) is 10.3. The van der Waals surface area contributed by atoms with Crippen LogP contribution >= 0.6 is 0 Å². The third-order valence-corrected chi connectivity index (χ3v) is 3.53. The number of anilines is 2. The van der Waals surface area contributed by atoms with Crippen molar-refractivity contribution >= 4 is 17.3 Å². The summed E-state index contributed by atoms with van der Waals surface area (Å²) in [5, 5.41) is 0. The van der Waals surface area contributed by atoms with Crippen LogP contribution in [0.5, 0.6) is 0 Å². The maximum absolute atomic E-state index is 12.8. The van der Waals surface area contributed by atoms with Gasteiger partial charge in [-0.1, -0.05) is 17.7 Å². The van der Waals surface area contributed by atoms with E-state index >= 15 is 0 Å². The molecule has 2 rings (SSSR count). The molecule has 0 saturated carbocycles. The van der Waals surface area contributed by atoms with Gasteiger partial charge in [0.2, 0.25) is 0 Å². The Kier molecular flexibility index (Phi) is 4.60. The molecule has 0 unspecified atom stereocenters. The van der Waals surface area contributed by atoms with E-state index in [1.165, 1.54) is 5.56 Å². The van der Waals surface area contributed by atoms with Gasteiger partial charge in [0, 0.05) is 23.5 Å². The lowest BCUT2D eigenvalue weighted by Crippen LogP contribution is -2.31. The summed E-state index contributed by atoms with van der Waals surface area (Å²) in [6, 6.07) is 13.5. The Hall–Kier alpha value is -2.33. The first-order valence-corrected chi connectivity index (χ1v) is 7.02. The van der Waals surface area contributed by atoms with Crippen molar-refractivity contribution < 1.29 is 4.79 Å². The molecule has 3 N–H and O–H groups in total. The van der Waals surface area contributed by atoms with Gasteiger partial charge in [-0.15, -0.1) is 0 Å². The fourth-order valence-electron chi connectivity index (χ4n) is 2.31. The molecule has 4 nitrogen and oxygen atoms in total. The highest BCUT2D eigenvalue weighted by Gasteiger charge is 2.17. The van der Waals surface area contributed by atoms with Crippen LogP contribution in [0.25, 0.3) is 0 Å². The molecule has 0 aliphatic carbocycles. The second-order valence-corrected chi connectivity index (χ2v) is 5.06. The van der Waals surface area contributed by atoms with Crippen molar-refractivity contribution in [1.82, 2.24) is 0 Å². The summed E-state index contributed by atoms with van der Waals surface area (Å²) in [6.07, 6.45) is 0. The summed E-state index contributed by atoms with van der Waals surface area (Å²) in [7, 11) is 0. The maximum Gasteiger partial charge on any atom is 0.258 e. The van der Waals surface area contributed by atoms with E-state index in [9.17, 15) is 4.79 Å². The number of benzene rings is 2. The van der Waals surface area contributed by atoms with Gasteiger partial charge in [0.15, 0.2) is 0 Å². The predicted octanol–water partition coefficient (Wildman–Crippen LogP) is 3.26. The van der Waals surface area contributed by atoms with Gasteiger partial charge < -0.3 is 10.3 Å². The molecule has 0 aromatic heterocycles. The number of nitrogens with zero attached hydrogens (tertiary/aromatic N) is 1. The number of nitrogen functional groups attached to an aromatic ring is 1. The molecule has 4 heteroatoms. The predicted molar refractivity (Wildman–Crippen MR) is 87.5 cm³/mol. The number of amides is 1. The monoisotopic (exact) mass is 283 g/mol. The molecule has 110 valence electrons. The van der Waals surface area contributed by atoms with Gasteiger partial charge in [0.25, 0.3) is 5.91 Å². The van der Waals surface area contributed by atoms with Gasteiger partial charge in [0.05, 0.1) is 0 Å². The number of aryl methyl sites for hydroxylation is 2. The van der Waals surface area contributed by atoms with Crippen LogP contribution in [0.15, 0.2) is 42.5 Å². The minimum atomic E-state index is 0.00224. The first kappa shape index (κ1) is 15.1. The number of carbonyl (C=O) groups is 1. The highest BCUT2D eigenvalue weighted by molar-refractivity contribution is 6.07. The first-order chi connectivity index (χ1) is 10.1. The molecule has 21 heavy (non-hydrogen) atoms. The van der Waals surface area contributed by atoms with E-state index < -0.39 is 0 Å². The molecule has 0 fully saturated rings. The maximum atomic E-state index is 12.8. The third-order valence-electron chi connectivity index (χ3n) is 3.53. The molecule has 0 heterocycles. The highest BCUT2D eigenvalue weighted by atomic mass is 16.2. The van der Waals surface area contributed by atoms with Crippen LogP contribution in [0.4, 0.5) is 11.4 Å². The number of rotatable bonds is 4. The molecular weight excluding hydrogens is 262 g/mol. The molecule has 0 saturated heterocycles. The van der Waals surface area contributed by atoms with E-state index in [1.54, 1.807) is 4.90 Å². The molecule has 2 aromatic carbocycles. The summed E-state index contributed by atoms with van der Waals surface area (Å²) in [6.45, 7) is 6.54. The fraction of sp³-hybridized carbons (Fsp3) is 0.235. The number of carbonyl (C=O) groups excluding carboxylic acids is 1. The van der Waals surface area contributed by atoms with Gasteiger partial charge in [0.1, 0.15) is 0 Å². The fourth-order valence-corrected chi connectivity index (χ4v) is 2.31. The lowest BCUT2D eigenvalue weighted by atomic mass is 10.1. The summed E-state index contributed by atoms with van der Waals surface area (Å²) in [5.74, 6) is 5.39. The molecule has 1 amide bonds. The number of nitrogens with two attached hydrogens (primary N) is 1. The van der Waals surface area contributed by atoms with Gasteiger partial charge in [-0.2, -0.15) is 0 Å². The molecule has 0 aliphatic heterocycles. The number of hydrogen-bond donors (Lipinski definition) is 2. The van der Waals surface area contributed by atoms with Crippen molar-refractivity contribution in [3.05, 3.63) is 59.2 Å². The summed E-state index contributed by atoms with van der Waals surface area (Å²) >= 11 is 0. The van der Waals surface area contributed by atoms with E-state index in [0.717, 1.165) is 16.9 Å². The first-order valence-electron chi connectivity index (χ1n) is 7.02. The second kappa shape index (κ2) is 6.41. The summed E-state index contributed by atoms with van der Waals surface area (Å²) < 4.78 is 0. The zero-order valence-corrected chi connectivity index (χ0v) is 12.7. The average molecular weight is 283 g/mol. The SMILES string of the molecule is CCN(C(=O)c1ccc(NN)cc1C)c1ccc(C)cc1. The average Bonchev–Trinajstić information content (AvgIpc) is 2.49. The van der Waals surface area contributed by atoms with Crippen molar-refractivity contribution in [3.8, 4) is 0 Å². The quantitative estimate of drug-likeness (QED) is 0.669. The Balaban J connectivity index is 2.34. The Morgan fingerprint density at radius 1 is 1.14 bits per heavy atom. The van der Waals surface area contributed by atoms with Crippen LogP contribution in [0, 0.1) is 13.8 Å². The van der Waals surface area contributed by atoms with E-state index in [-0.39, 0.29) is 5.91 Å². The van der Waals surface area contributed by atoms with Crippen LogP contribution in [0.3, 0.4) is 0 Å². The Morgan fingerprint density at radius 2 is 1.81 bits per heavy atom. The van der Waals surface area contributed by atoms with E-state index in [1.807, 2.05) is 63.2 Å². The van der Waals surface area contributed by atoms with Crippen LogP contribution in [-0.4, -0.2) is 12.5 Å². The highest BCUT2D eigenvalue weighted by Crippen LogP contribution is 2.21. The number of nitrogens with one attached hydrogen (secondary N) is 1. The van der Waals surface area contributed by atoms with Crippen molar-refractivity contribution in [2.24, 2.45) is 5.84 Å². The van der Waals surface area contributed by atoms with Gasteiger partial charge in [-0.05, 0) is 56.7 Å². The molecule has 0 bridgehead atoms. The van der Waals surface area contributed by atoms with Gasteiger partial charge in [-0.3, -0.25) is 10.6 Å². The largest absolute Gasteiger partial charge is 0.324 e. The molecule has 0 aliphatic rings. The smallest absolute Gasteiger partial charge is 0.258 e. The van der Waals surface area contributed by atoms with E-state index in [0.29, 0.717) is 12.1 Å². The Labute approximate surface area is 125 Å². The topological polar surface area (TPSA) is 58.4 Å². The summed E-state index contributed by atoms with van der Waals surface area (Å²) in [5.41, 5.74) is 7.07. The lowest BCUT2D eigenvalue weighted by Gasteiger charge is -2.22. The third kappa shape index (κ3) is 3.23. The van der Waals surface area contributed by atoms with Crippen molar-refractivity contribution in [2.75, 3.05) is 16.9 Å². The Morgan fingerprint density at radius 3 is 2.33 bits per heavy atom. The van der Waals surface area contributed by atoms with Gasteiger partial charge >= 0.3 is 0 Å². The number of hydrazine groups is 1. The molecule has 2 aromatic rings.